The smallest absolute Gasteiger partial charge is 0.126 e. The fourth-order valence-electron chi connectivity index (χ4n) is 1.96. The average molecular weight is 224 g/mol. The monoisotopic (exact) mass is 224 g/mol. The lowest BCUT2D eigenvalue weighted by atomic mass is 10.1. The van der Waals surface area contributed by atoms with E-state index >= 15 is 0 Å². The first-order valence-electron chi connectivity index (χ1n) is 5.45. The van der Waals surface area contributed by atoms with Crippen molar-refractivity contribution < 1.29 is 9.13 Å². The number of halogens is 1. The van der Waals surface area contributed by atoms with Crippen LogP contribution in [0.25, 0.3) is 0 Å². The van der Waals surface area contributed by atoms with Crippen LogP contribution in [0.3, 0.4) is 0 Å². The largest absolute Gasteiger partial charge is 0.358 e. The van der Waals surface area contributed by atoms with E-state index in [1.807, 2.05) is 6.92 Å². The molecule has 1 fully saturated rings. The van der Waals surface area contributed by atoms with Crippen molar-refractivity contribution in [2.45, 2.75) is 19.2 Å². The third-order valence-electron chi connectivity index (χ3n) is 2.70. The maximum absolute atomic E-state index is 12.7. The van der Waals surface area contributed by atoms with E-state index in [4.69, 9.17) is 10.5 Å². The van der Waals surface area contributed by atoms with E-state index in [9.17, 15) is 4.39 Å². The van der Waals surface area contributed by atoms with Gasteiger partial charge in [-0.15, -0.1) is 0 Å². The van der Waals surface area contributed by atoms with Gasteiger partial charge in [0.1, 0.15) is 11.5 Å². The molecule has 0 saturated carbocycles. The zero-order chi connectivity index (χ0) is 11.6. The second-order valence-corrected chi connectivity index (χ2v) is 4.50. The molecule has 2 N–H and O–H groups in total. The van der Waals surface area contributed by atoms with Crippen LogP contribution in [0.5, 0.6) is 0 Å². The van der Waals surface area contributed by atoms with E-state index in [2.05, 4.69) is 4.90 Å². The molecule has 1 aliphatic rings. The van der Waals surface area contributed by atoms with Gasteiger partial charge >= 0.3 is 0 Å². The molecule has 2 rings (SSSR count). The van der Waals surface area contributed by atoms with Crippen molar-refractivity contribution in [1.82, 2.24) is 4.90 Å². The molecule has 0 aliphatic carbocycles. The average Bonchev–Trinajstić information content (AvgIpc) is 2.20. The zero-order valence-electron chi connectivity index (χ0n) is 9.45. The van der Waals surface area contributed by atoms with Crippen molar-refractivity contribution >= 4 is 0 Å². The van der Waals surface area contributed by atoms with Crippen LogP contribution in [0.2, 0.25) is 0 Å². The number of nitrogens with zero attached hydrogens (tertiary/aromatic N) is 1. The molecule has 0 unspecified atom stereocenters. The van der Waals surface area contributed by atoms with Gasteiger partial charge in [0.05, 0.1) is 6.61 Å². The van der Waals surface area contributed by atoms with Crippen LogP contribution in [0.1, 0.15) is 12.5 Å². The molecule has 0 aromatic heterocycles. The third-order valence-corrected chi connectivity index (χ3v) is 2.70. The minimum atomic E-state index is -0.571. The Balaban J connectivity index is 1.97. The normalized spacial score (nSPS) is 26.9. The number of ether oxygens (including phenoxy) is 1. The lowest BCUT2D eigenvalue weighted by Gasteiger charge is -2.37. The van der Waals surface area contributed by atoms with Crippen molar-refractivity contribution in [2.24, 2.45) is 5.73 Å². The minimum absolute atomic E-state index is 0.200. The number of nitrogens with two attached hydrogens (primary N) is 1. The summed E-state index contributed by atoms with van der Waals surface area (Å²) in [6.07, 6.45) is 0. The molecule has 0 bridgehead atoms. The van der Waals surface area contributed by atoms with Crippen LogP contribution in [-0.2, 0) is 11.3 Å². The number of rotatable bonds is 2. The predicted octanol–water partition coefficient (Wildman–Crippen LogP) is 1.33. The van der Waals surface area contributed by atoms with E-state index in [1.54, 1.807) is 12.1 Å². The van der Waals surface area contributed by atoms with Crippen molar-refractivity contribution in [2.75, 3.05) is 19.7 Å². The second kappa shape index (κ2) is 4.49. The summed E-state index contributed by atoms with van der Waals surface area (Å²) in [7, 11) is 0. The van der Waals surface area contributed by atoms with Crippen LogP contribution in [0.15, 0.2) is 24.3 Å². The fraction of sp³-hybridized carbons (Fsp3) is 0.500. The molecule has 1 heterocycles. The first kappa shape index (κ1) is 11.5. The summed E-state index contributed by atoms with van der Waals surface area (Å²) in [4.78, 5) is 2.22. The summed E-state index contributed by atoms with van der Waals surface area (Å²) in [5.41, 5.74) is 6.45. The van der Waals surface area contributed by atoms with Gasteiger partial charge in [0, 0.05) is 19.6 Å². The number of hydrogen-bond donors (Lipinski definition) is 1. The molecule has 1 atom stereocenters. The molecule has 0 spiro atoms. The molecule has 88 valence electrons. The van der Waals surface area contributed by atoms with Crippen LogP contribution in [0.4, 0.5) is 4.39 Å². The SMILES string of the molecule is C[C@@]1(N)CN(Cc2ccc(F)cc2)CCO1. The molecular weight excluding hydrogens is 207 g/mol. The van der Waals surface area contributed by atoms with E-state index in [0.717, 1.165) is 18.7 Å². The quantitative estimate of drug-likeness (QED) is 0.823. The molecule has 1 aromatic carbocycles. The minimum Gasteiger partial charge on any atom is -0.358 e. The first-order chi connectivity index (χ1) is 7.55. The Labute approximate surface area is 95.0 Å². The highest BCUT2D eigenvalue weighted by atomic mass is 19.1. The standard InChI is InChI=1S/C12H17FN2O/c1-12(14)9-15(6-7-16-12)8-10-2-4-11(13)5-3-10/h2-5H,6-9,14H2,1H3/t12-/m0/s1. The predicted molar refractivity (Wildman–Crippen MR) is 60.2 cm³/mol. The Hall–Kier alpha value is -0.970. The van der Waals surface area contributed by atoms with Gasteiger partial charge in [-0.1, -0.05) is 12.1 Å². The highest BCUT2D eigenvalue weighted by Gasteiger charge is 2.27. The number of morpholine rings is 1. The maximum atomic E-state index is 12.7. The molecule has 0 amide bonds. The molecule has 3 nitrogen and oxygen atoms in total. The second-order valence-electron chi connectivity index (χ2n) is 4.50. The molecule has 1 aliphatic heterocycles. The lowest BCUT2D eigenvalue weighted by molar-refractivity contribution is -0.0960. The summed E-state index contributed by atoms with van der Waals surface area (Å²) in [6.45, 7) is 4.88. The molecule has 0 radical (unpaired) electrons. The Morgan fingerprint density at radius 3 is 2.75 bits per heavy atom. The Bertz CT molecular complexity index is 351. The van der Waals surface area contributed by atoms with Crippen molar-refractivity contribution in [3.05, 3.63) is 35.6 Å². The van der Waals surface area contributed by atoms with Gasteiger partial charge in [-0.3, -0.25) is 4.90 Å². The summed E-state index contributed by atoms with van der Waals surface area (Å²) in [5, 5.41) is 0. The molecule has 4 heteroatoms. The van der Waals surface area contributed by atoms with Gasteiger partial charge in [-0.05, 0) is 24.6 Å². The van der Waals surface area contributed by atoms with Crippen molar-refractivity contribution in [3.63, 3.8) is 0 Å². The summed E-state index contributed by atoms with van der Waals surface area (Å²) < 4.78 is 18.2. The molecule has 1 saturated heterocycles. The van der Waals surface area contributed by atoms with E-state index in [0.29, 0.717) is 13.2 Å². The van der Waals surface area contributed by atoms with Crippen molar-refractivity contribution in [1.29, 1.82) is 0 Å². The van der Waals surface area contributed by atoms with E-state index in [-0.39, 0.29) is 5.82 Å². The zero-order valence-corrected chi connectivity index (χ0v) is 9.45. The maximum Gasteiger partial charge on any atom is 0.126 e. The summed E-state index contributed by atoms with van der Waals surface area (Å²) >= 11 is 0. The number of hydrogen-bond acceptors (Lipinski definition) is 3. The highest BCUT2D eigenvalue weighted by molar-refractivity contribution is 5.16. The van der Waals surface area contributed by atoms with E-state index in [1.165, 1.54) is 12.1 Å². The van der Waals surface area contributed by atoms with Gasteiger partial charge in [0.15, 0.2) is 0 Å². The van der Waals surface area contributed by atoms with Crippen molar-refractivity contribution in [3.8, 4) is 0 Å². The third kappa shape index (κ3) is 3.01. The van der Waals surface area contributed by atoms with Gasteiger partial charge in [-0.25, -0.2) is 4.39 Å². The topological polar surface area (TPSA) is 38.5 Å². The molecular formula is C12H17FN2O. The Morgan fingerprint density at radius 2 is 2.12 bits per heavy atom. The van der Waals surface area contributed by atoms with Crippen LogP contribution in [0, 0.1) is 5.82 Å². The van der Waals surface area contributed by atoms with Crippen LogP contribution in [-0.4, -0.2) is 30.3 Å². The summed E-state index contributed by atoms with van der Waals surface area (Å²) in [5.74, 6) is -0.200. The number of benzene rings is 1. The Morgan fingerprint density at radius 1 is 1.44 bits per heavy atom. The van der Waals surface area contributed by atoms with Crippen LogP contribution >= 0.6 is 0 Å². The van der Waals surface area contributed by atoms with E-state index < -0.39 is 5.72 Å². The molecule has 16 heavy (non-hydrogen) atoms. The van der Waals surface area contributed by atoms with Gasteiger partial charge < -0.3 is 10.5 Å². The van der Waals surface area contributed by atoms with Gasteiger partial charge in [-0.2, -0.15) is 0 Å². The lowest BCUT2D eigenvalue weighted by Crippen LogP contribution is -2.55. The van der Waals surface area contributed by atoms with Crippen LogP contribution < -0.4 is 5.73 Å². The molecule has 1 aromatic rings. The van der Waals surface area contributed by atoms with Gasteiger partial charge in [0.2, 0.25) is 0 Å². The first-order valence-corrected chi connectivity index (χ1v) is 5.45. The Kier molecular flexibility index (Phi) is 3.23. The fourth-order valence-corrected chi connectivity index (χ4v) is 1.96. The highest BCUT2D eigenvalue weighted by Crippen LogP contribution is 2.14. The van der Waals surface area contributed by atoms with Gasteiger partial charge in [0.25, 0.3) is 0 Å². The summed E-state index contributed by atoms with van der Waals surface area (Å²) in [6, 6.07) is 6.58.